The number of esters is 1. The quantitative estimate of drug-likeness (QED) is 0.0320. The van der Waals surface area contributed by atoms with Crippen molar-refractivity contribution in [1.29, 1.82) is 0 Å². The van der Waals surface area contributed by atoms with E-state index in [1.165, 1.54) is 340 Å². The van der Waals surface area contributed by atoms with Crippen LogP contribution in [0.25, 0.3) is 0 Å². The van der Waals surface area contributed by atoms with Gasteiger partial charge in [0.05, 0.1) is 25.4 Å². The largest absolute Gasteiger partial charge is 0.466 e. The molecule has 0 aromatic rings. The predicted molar refractivity (Wildman–Crippen MR) is 347 cm³/mol. The number of amides is 1. The van der Waals surface area contributed by atoms with Gasteiger partial charge in [-0.15, -0.1) is 0 Å². The Labute approximate surface area is 494 Å². The van der Waals surface area contributed by atoms with Crippen LogP contribution in [0.1, 0.15) is 406 Å². The van der Waals surface area contributed by atoms with Crippen LogP contribution in [0.2, 0.25) is 0 Å². The highest BCUT2D eigenvalue weighted by Gasteiger charge is 2.18. The van der Waals surface area contributed by atoms with Gasteiger partial charge in [-0.3, -0.25) is 9.59 Å². The molecule has 0 aromatic carbocycles. The molecule has 2 unspecified atom stereocenters. The van der Waals surface area contributed by atoms with E-state index in [0.29, 0.717) is 19.4 Å². The van der Waals surface area contributed by atoms with E-state index < -0.39 is 12.1 Å². The van der Waals surface area contributed by atoms with E-state index >= 15 is 0 Å². The third-order valence-corrected chi connectivity index (χ3v) is 17.0. The Bertz CT molecular complexity index is 1230. The molecule has 3 N–H and O–H groups in total. The molecule has 0 aromatic heterocycles. The summed E-state index contributed by atoms with van der Waals surface area (Å²) < 4.78 is 5.47. The maximum Gasteiger partial charge on any atom is 0.305 e. The molecule has 0 bridgehead atoms. The number of unbranched alkanes of at least 4 members (excludes halogenated alkanes) is 55. The van der Waals surface area contributed by atoms with Crippen molar-refractivity contribution < 1.29 is 24.5 Å². The summed E-state index contributed by atoms with van der Waals surface area (Å²) in [5.41, 5.74) is 0. The first-order chi connectivity index (χ1) is 39.0. The highest BCUT2D eigenvalue weighted by Crippen LogP contribution is 2.19. The van der Waals surface area contributed by atoms with Crippen LogP contribution >= 0.6 is 0 Å². The number of allylic oxidation sites excluding steroid dienone is 3. The second-order valence-corrected chi connectivity index (χ2v) is 24.9. The van der Waals surface area contributed by atoms with Crippen molar-refractivity contribution in [1.82, 2.24) is 5.32 Å². The molecular weight excluding hydrogens is 971 g/mol. The first kappa shape index (κ1) is 77.3. The molecule has 0 heterocycles. The number of carbonyl (C=O) groups excluding carboxylic acids is 2. The number of rotatable bonds is 68. The molecule has 0 aliphatic carbocycles. The minimum atomic E-state index is -0.846. The minimum absolute atomic E-state index is 0.0152. The van der Waals surface area contributed by atoms with Gasteiger partial charge in [0, 0.05) is 12.8 Å². The van der Waals surface area contributed by atoms with Crippen LogP contribution in [0.5, 0.6) is 0 Å². The molecule has 0 aliphatic heterocycles. The van der Waals surface area contributed by atoms with Gasteiger partial charge in [-0.2, -0.15) is 0 Å². The van der Waals surface area contributed by atoms with E-state index in [4.69, 9.17) is 4.74 Å². The zero-order valence-electron chi connectivity index (χ0n) is 53.6. The van der Waals surface area contributed by atoms with Gasteiger partial charge in [-0.25, -0.2) is 0 Å². The van der Waals surface area contributed by atoms with E-state index in [1.54, 1.807) is 6.08 Å². The molecule has 0 radical (unpaired) electrons. The maximum absolute atomic E-state index is 12.5. The Balaban J connectivity index is 3.41. The Morgan fingerprint density at radius 3 is 0.899 bits per heavy atom. The summed E-state index contributed by atoms with van der Waals surface area (Å²) in [7, 11) is 0. The molecule has 0 rings (SSSR count). The van der Waals surface area contributed by atoms with Crippen molar-refractivity contribution in [2.75, 3.05) is 13.2 Å². The predicted octanol–water partition coefficient (Wildman–Crippen LogP) is 23.3. The molecule has 0 spiro atoms. The SMILES string of the molecule is CCCCCCCCCCCCCCCCCCCCCCCC/C=C/C(O)C(CO)NC(=O)CCCCCCCCCCCCC/C=C\CCCCCCCCCCCCCCOC(=O)CCCCCCCCCCCCC. The molecule has 0 aliphatic rings. The summed E-state index contributed by atoms with van der Waals surface area (Å²) in [6.07, 6.45) is 86.9. The van der Waals surface area contributed by atoms with Gasteiger partial charge < -0.3 is 20.3 Å². The topological polar surface area (TPSA) is 95.9 Å². The summed E-state index contributed by atoms with van der Waals surface area (Å²) in [4.78, 5) is 24.5. The standard InChI is InChI=1S/C73H141NO5/c1-3-5-7-9-11-13-15-16-17-18-19-20-21-27-30-33-36-39-42-46-49-53-57-61-65-71(76)70(69-75)74-72(77)66-62-58-54-50-47-43-40-37-34-31-28-25-23-22-24-26-29-32-35-38-41-44-48-52-56-60-64-68-79-73(78)67-63-59-55-51-45-14-12-10-8-6-4-2/h22-23,61,65,70-71,75-76H,3-21,24-60,62-64,66-69H2,1-2H3,(H,74,77)/b23-22-,65-61+. The molecule has 2 atom stereocenters. The number of ether oxygens (including phenoxy) is 1. The van der Waals surface area contributed by atoms with Crippen molar-refractivity contribution in [3.8, 4) is 0 Å². The summed E-state index contributed by atoms with van der Waals surface area (Å²) in [6, 6.07) is -0.630. The van der Waals surface area contributed by atoms with Crippen LogP contribution in [0.3, 0.4) is 0 Å². The van der Waals surface area contributed by atoms with Gasteiger partial charge in [-0.1, -0.05) is 359 Å². The van der Waals surface area contributed by atoms with Crippen LogP contribution < -0.4 is 5.32 Å². The van der Waals surface area contributed by atoms with Crippen molar-refractivity contribution >= 4 is 11.9 Å². The van der Waals surface area contributed by atoms with Gasteiger partial charge in [0.1, 0.15) is 0 Å². The highest BCUT2D eigenvalue weighted by atomic mass is 16.5. The van der Waals surface area contributed by atoms with Crippen molar-refractivity contribution in [3.63, 3.8) is 0 Å². The molecule has 0 saturated heterocycles. The molecule has 0 fully saturated rings. The fraction of sp³-hybridized carbons (Fsp3) is 0.918. The number of nitrogens with one attached hydrogen (secondary N) is 1. The number of hydrogen-bond acceptors (Lipinski definition) is 5. The Morgan fingerprint density at radius 1 is 0.342 bits per heavy atom. The second-order valence-electron chi connectivity index (χ2n) is 24.9. The van der Waals surface area contributed by atoms with E-state index in [0.717, 1.165) is 38.5 Å². The smallest absolute Gasteiger partial charge is 0.305 e. The summed E-state index contributed by atoms with van der Waals surface area (Å²) in [5, 5.41) is 23.3. The van der Waals surface area contributed by atoms with Gasteiger partial charge in [-0.05, 0) is 57.8 Å². The first-order valence-electron chi connectivity index (χ1n) is 36.1. The zero-order valence-corrected chi connectivity index (χ0v) is 53.6. The monoisotopic (exact) mass is 1110 g/mol. The molecule has 0 saturated carbocycles. The number of carbonyl (C=O) groups is 2. The third kappa shape index (κ3) is 65.4. The molecule has 6 heteroatoms. The lowest BCUT2D eigenvalue weighted by Crippen LogP contribution is -2.45. The molecule has 79 heavy (non-hydrogen) atoms. The lowest BCUT2D eigenvalue weighted by atomic mass is 10.0. The highest BCUT2D eigenvalue weighted by molar-refractivity contribution is 5.76. The molecule has 1 amide bonds. The zero-order chi connectivity index (χ0) is 57.1. The van der Waals surface area contributed by atoms with Gasteiger partial charge in [0.15, 0.2) is 0 Å². The van der Waals surface area contributed by atoms with E-state index in [9.17, 15) is 19.8 Å². The molecular formula is C73H141NO5. The number of aliphatic hydroxyl groups is 2. The van der Waals surface area contributed by atoms with Crippen LogP contribution in [0.4, 0.5) is 0 Å². The maximum atomic E-state index is 12.5. The third-order valence-electron chi connectivity index (χ3n) is 17.0. The number of aliphatic hydroxyl groups excluding tert-OH is 2. The van der Waals surface area contributed by atoms with Gasteiger partial charge >= 0.3 is 5.97 Å². The normalized spacial score (nSPS) is 12.6. The minimum Gasteiger partial charge on any atom is -0.466 e. The van der Waals surface area contributed by atoms with Gasteiger partial charge in [0.2, 0.25) is 5.91 Å². The summed E-state index contributed by atoms with van der Waals surface area (Å²) in [5.74, 6) is -0.0490. The fourth-order valence-electron chi connectivity index (χ4n) is 11.5. The summed E-state index contributed by atoms with van der Waals surface area (Å²) in [6.45, 7) is 4.94. The fourth-order valence-corrected chi connectivity index (χ4v) is 11.5. The van der Waals surface area contributed by atoms with E-state index in [2.05, 4.69) is 31.3 Å². The Morgan fingerprint density at radius 2 is 0.595 bits per heavy atom. The van der Waals surface area contributed by atoms with Crippen LogP contribution in [-0.4, -0.2) is 47.4 Å². The first-order valence-corrected chi connectivity index (χ1v) is 36.1. The number of hydrogen-bond donors (Lipinski definition) is 3. The average molecular weight is 1110 g/mol. The van der Waals surface area contributed by atoms with E-state index in [-0.39, 0.29) is 18.5 Å². The van der Waals surface area contributed by atoms with Crippen LogP contribution in [0.15, 0.2) is 24.3 Å². The average Bonchev–Trinajstić information content (AvgIpc) is 3.45. The Kier molecular flexibility index (Phi) is 67.4. The molecule has 468 valence electrons. The second kappa shape index (κ2) is 68.8. The summed E-state index contributed by atoms with van der Waals surface area (Å²) >= 11 is 0. The lowest BCUT2D eigenvalue weighted by molar-refractivity contribution is -0.143. The van der Waals surface area contributed by atoms with E-state index in [1.807, 2.05) is 6.08 Å². The van der Waals surface area contributed by atoms with Crippen LogP contribution in [-0.2, 0) is 14.3 Å². The van der Waals surface area contributed by atoms with Gasteiger partial charge in [0.25, 0.3) is 0 Å². The lowest BCUT2D eigenvalue weighted by Gasteiger charge is -2.20. The van der Waals surface area contributed by atoms with Crippen LogP contribution in [0, 0.1) is 0 Å². The Hall–Kier alpha value is -1.66. The molecule has 6 nitrogen and oxygen atoms in total. The van der Waals surface area contributed by atoms with Crippen molar-refractivity contribution in [3.05, 3.63) is 24.3 Å². The van der Waals surface area contributed by atoms with Crippen molar-refractivity contribution in [2.45, 2.75) is 418 Å². The van der Waals surface area contributed by atoms with Crippen molar-refractivity contribution in [2.24, 2.45) is 0 Å².